The lowest BCUT2D eigenvalue weighted by atomic mass is 9.98. The zero-order chi connectivity index (χ0) is 25.4. The summed E-state index contributed by atoms with van der Waals surface area (Å²) in [5.41, 5.74) is 0.723. The molecule has 3 aromatic carbocycles. The smallest absolute Gasteiger partial charge is 0.325 e. The van der Waals surface area contributed by atoms with Crippen LogP contribution < -0.4 is 10.2 Å². The minimum atomic E-state index is -1.13. The van der Waals surface area contributed by atoms with Gasteiger partial charge in [-0.15, -0.1) is 0 Å². The summed E-state index contributed by atoms with van der Waals surface area (Å²) in [6.45, 7) is 1.06. The Morgan fingerprint density at radius 3 is 2.37 bits per heavy atom. The average Bonchev–Trinajstić information content (AvgIpc) is 2.81. The van der Waals surface area contributed by atoms with Crippen molar-refractivity contribution in [3.8, 4) is 5.75 Å². The van der Waals surface area contributed by atoms with E-state index in [1.165, 1.54) is 34.1 Å². The fourth-order valence-electron chi connectivity index (χ4n) is 3.96. The van der Waals surface area contributed by atoms with Crippen LogP contribution in [-0.2, 0) is 13.1 Å². The van der Waals surface area contributed by atoms with Gasteiger partial charge in [0.15, 0.2) is 0 Å². The topological polar surface area (TPSA) is 72.9 Å². The van der Waals surface area contributed by atoms with Gasteiger partial charge in [0, 0.05) is 42.4 Å². The molecule has 0 saturated heterocycles. The minimum Gasteiger partial charge on any atom is -0.508 e. The van der Waals surface area contributed by atoms with Crippen molar-refractivity contribution in [1.29, 1.82) is 0 Å². The molecule has 0 aromatic heterocycles. The Kier molecular flexibility index (Phi) is 6.38. The lowest BCUT2D eigenvalue weighted by Gasteiger charge is -2.39. The van der Waals surface area contributed by atoms with E-state index in [-0.39, 0.29) is 29.5 Å². The molecular formula is C25H21F4N3O3. The number of amides is 3. The van der Waals surface area contributed by atoms with E-state index in [0.29, 0.717) is 23.4 Å². The van der Waals surface area contributed by atoms with Crippen molar-refractivity contribution in [3.63, 3.8) is 0 Å². The van der Waals surface area contributed by atoms with Gasteiger partial charge in [0.1, 0.15) is 29.0 Å². The van der Waals surface area contributed by atoms with Gasteiger partial charge in [-0.3, -0.25) is 9.69 Å². The Hall–Kier alpha value is -4.08. The van der Waals surface area contributed by atoms with Gasteiger partial charge in [-0.2, -0.15) is 0 Å². The minimum absolute atomic E-state index is 0.0735. The van der Waals surface area contributed by atoms with E-state index < -0.39 is 47.3 Å². The van der Waals surface area contributed by atoms with Crippen LogP contribution in [-0.4, -0.2) is 29.0 Å². The maximum atomic E-state index is 14.3. The monoisotopic (exact) mass is 487 g/mol. The maximum Gasteiger partial charge on any atom is 0.325 e. The molecule has 2 N–H and O–H groups in total. The van der Waals surface area contributed by atoms with Gasteiger partial charge in [-0.1, -0.05) is 6.07 Å². The van der Waals surface area contributed by atoms with Gasteiger partial charge in [-0.25, -0.2) is 22.4 Å². The fraction of sp³-hybridized carbons (Fsp3) is 0.200. The van der Waals surface area contributed by atoms with Gasteiger partial charge < -0.3 is 15.3 Å². The van der Waals surface area contributed by atoms with Crippen molar-refractivity contribution >= 4 is 17.6 Å². The number of hydrogen-bond donors (Lipinski definition) is 2. The lowest BCUT2D eigenvalue weighted by molar-refractivity contribution is 0.0950. The number of nitrogens with one attached hydrogen (secondary N) is 1. The summed E-state index contributed by atoms with van der Waals surface area (Å²) in [6.07, 6.45) is 0. The van der Waals surface area contributed by atoms with Crippen LogP contribution in [0.25, 0.3) is 0 Å². The zero-order valence-corrected chi connectivity index (χ0v) is 18.8. The Balaban J connectivity index is 1.64. The van der Waals surface area contributed by atoms with Crippen molar-refractivity contribution < 1.29 is 32.3 Å². The van der Waals surface area contributed by atoms with E-state index in [2.05, 4.69) is 5.32 Å². The molecule has 0 spiro atoms. The van der Waals surface area contributed by atoms with Gasteiger partial charge in [0.05, 0.1) is 18.3 Å². The Morgan fingerprint density at radius 1 is 1.00 bits per heavy atom. The van der Waals surface area contributed by atoms with Crippen molar-refractivity contribution in [3.05, 3.63) is 94.1 Å². The molecule has 0 radical (unpaired) electrons. The molecule has 35 heavy (non-hydrogen) atoms. The first-order valence-corrected chi connectivity index (χ1v) is 10.6. The maximum absolute atomic E-state index is 14.3. The summed E-state index contributed by atoms with van der Waals surface area (Å²) in [4.78, 5) is 28.5. The quantitative estimate of drug-likeness (QED) is 0.497. The normalized spacial score (nSPS) is 15.3. The molecule has 0 unspecified atom stereocenters. The molecule has 6 nitrogen and oxygen atoms in total. The second-order valence-electron chi connectivity index (χ2n) is 8.24. The Bertz CT molecular complexity index is 1310. The first kappa shape index (κ1) is 24.1. The molecule has 0 fully saturated rings. The number of fused-ring (bicyclic) bond motifs is 1. The highest BCUT2D eigenvalue weighted by atomic mass is 19.1. The molecule has 1 aliphatic rings. The fourth-order valence-corrected chi connectivity index (χ4v) is 3.96. The number of nitrogens with zero attached hydrogens (tertiary/aromatic N) is 2. The highest BCUT2D eigenvalue weighted by Crippen LogP contribution is 2.37. The van der Waals surface area contributed by atoms with E-state index in [4.69, 9.17) is 0 Å². The first-order valence-electron chi connectivity index (χ1n) is 10.6. The highest BCUT2D eigenvalue weighted by Gasteiger charge is 2.34. The molecule has 4 rings (SSSR count). The summed E-state index contributed by atoms with van der Waals surface area (Å²) >= 11 is 0. The van der Waals surface area contributed by atoms with Crippen LogP contribution in [0.2, 0.25) is 0 Å². The Morgan fingerprint density at radius 2 is 1.69 bits per heavy atom. The van der Waals surface area contributed by atoms with Gasteiger partial charge in [-0.05, 0) is 42.8 Å². The number of carbonyl (C=O) groups excluding carboxylic acids is 2. The largest absolute Gasteiger partial charge is 0.508 e. The van der Waals surface area contributed by atoms with Crippen molar-refractivity contribution in [2.45, 2.75) is 26.1 Å². The van der Waals surface area contributed by atoms with E-state index in [0.717, 1.165) is 6.07 Å². The van der Waals surface area contributed by atoms with Crippen molar-refractivity contribution in [1.82, 2.24) is 10.2 Å². The van der Waals surface area contributed by atoms with E-state index >= 15 is 0 Å². The highest BCUT2D eigenvalue weighted by molar-refractivity contribution is 5.99. The lowest BCUT2D eigenvalue weighted by Crippen LogP contribution is -2.46. The van der Waals surface area contributed by atoms with Gasteiger partial charge in [0.2, 0.25) is 0 Å². The number of phenolic OH excluding ortho intramolecular Hbond substituents is 1. The van der Waals surface area contributed by atoms with E-state index in [1.54, 1.807) is 20.0 Å². The van der Waals surface area contributed by atoms with Crippen molar-refractivity contribution in [2.24, 2.45) is 0 Å². The van der Waals surface area contributed by atoms with Crippen LogP contribution in [0.4, 0.5) is 28.0 Å². The SMILES string of the molecule is C[C@H]1c2ccc(C(=O)NCc3c(F)cc(F)cc3F)cc2N(Cc2cc(O)ccc2F)C(=O)N1C. The number of hydrogen-bond acceptors (Lipinski definition) is 3. The van der Waals surface area contributed by atoms with Crippen LogP contribution in [0.5, 0.6) is 5.75 Å². The number of phenols is 1. The molecule has 182 valence electrons. The van der Waals surface area contributed by atoms with E-state index in [1.807, 2.05) is 0 Å². The van der Waals surface area contributed by atoms with Crippen LogP contribution >= 0.6 is 0 Å². The second kappa shape index (κ2) is 9.28. The third-order valence-corrected chi connectivity index (χ3v) is 6.04. The number of aromatic hydroxyl groups is 1. The molecule has 3 aromatic rings. The molecule has 1 atom stereocenters. The predicted octanol–water partition coefficient (Wildman–Crippen LogP) is 5.01. The number of urea groups is 1. The standard InChI is InChI=1S/C25H21F4N3O3/c1-13-18-5-3-14(24(34)30-11-19-21(28)9-16(26)10-22(19)29)8-23(18)32(25(35)31(13)2)12-15-7-17(33)4-6-20(15)27/h3-10,13,33H,11-12H2,1-2H3,(H,30,34)/t13-/m0/s1. The third-order valence-electron chi connectivity index (χ3n) is 6.04. The molecule has 0 aliphatic carbocycles. The average molecular weight is 487 g/mol. The van der Waals surface area contributed by atoms with Gasteiger partial charge in [0.25, 0.3) is 5.91 Å². The summed E-state index contributed by atoms with van der Waals surface area (Å²) in [6, 6.07) is 8.31. The third kappa shape index (κ3) is 4.64. The van der Waals surface area contributed by atoms with Crippen LogP contribution in [0, 0.1) is 23.3 Å². The molecule has 1 aliphatic heterocycles. The number of anilines is 1. The number of rotatable bonds is 5. The molecular weight excluding hydrogens is 466 g/mol. The van der Waals surface area contributed by atoms with Gasteiger partial charge >= 0.3 is 6.03 Å². The second-order valence-corrected chi connectivity index (χ2v) is 8.24. The molecule has 1 heterocycles. The summed E-state index contributed by atoms with van der Waals surface area (Å²) < 4.78 is 55.3. The molecule has 3 amide bonds. The summed E-state index contributed by atoms with van der Waals surface area (Å²) in [5.74, 6) is -4.79. The van der Waals surface area contributed by atoms with Crippen LogP contribution in [0.3, 0.4) is 0 Å². The molecule has 0 bridgehead atoms. The summed E-state index contributed by atoms with van der Waals surface area (Å²) in [5, 5.41) is 12.1. The first-order chi connectivity index (χ1) is 16.6. The zero-order valence-electron chi connectivity index (χ0n) is 18.8. The molecule has 0 saturated carbocycles. The van der Waals surface area contributed by atoms with Crippen LogP contribution in [0.1, 0.15) is 40.0 Å². The van der Waals surface area contributed by atoms with E-state index in [9.17, 15) is 32.3 Å². The van der Waals surface area contributed by atoms with Crippen molar-refractivity contribution in [2.75, 3.05) is 11.9 Å². The number of carbonyl (C=O) groups is 2. The van der Waals surface area contributed by atoms with Crippen LogP contribution in [0.15, 0.2) is 48.5 Å². The Labute approximate surface area is 198 Å². The predicted molar refractivity (Wildman–Crippen MR) is 120 cm³/mol. The number of halogens is 4. The summed E-state index contributed by atoms with van der Waals surface area (Å²) in [7, 11) is 1.59. The molecule has 10 heteroatoms. The number of benzene rings is 3.